The molecule has 0 atom stereocenters. The van der Waals surface area contributed by atoms with Crippen molar-refractivity contribution in [1.29, 1.82) is 0 Å². The van der Waals surface area contributed by atoms with Gasteiger partial charge in [-0.25, -0.2) is 0 Å². The highest BCUT2D eigenvalue weighted by molar-refractivity contribution is 6.39. The molecule has 1 aliphatic carbocycles. The Labute approximate surface area is 138 Å². The molecular weight excluding hydrogens is 321 g/mol. The number of alkyl halides is 3. The van der Waals surface area contributed by atoms with Crippen molar-refractivity contribution in [2.45, 2.75) is 38.3 Å². The van der Waals surface area contributed by atoms with Crippen LogP contribution in [0.5, 0.6) is 0 Å². The van der Waals surface area contributed by atoms with E-state index in [1.165, 1.54) is 12.0 Å². The molecule has 0 bridgehead atoms. The first-order valence-corrected chi connectivity index (χ1v) is 7.80. The summed E-state index contributed by atoms with van der Waals surface area (Å²) in [7, 11) is 0. The van der Waals surface area contributed by atoms with E-state index >= 15 is 0 Å². The van der Waals surface area contributed by atoms with Crippen molar-refractivity contribution in [3.05, 3.63) is 41.5 Å². The molecule has 2 amide bonds. The maximum absolute atomic E-state index is 12.4. The summed E-state index contributed by atoms with van der Waals surface area (Å²) >= 11 is 0. The second-order valence-corrected chi connectivity index (χ2v) is 5.64. The van der Waals surface area contributed by atoms with E-state index < -0.39 is 23.6 Å². The van der Waals surface area contributed by atoms with Gasteiger partial charge in [0, 0.05) is 12.2 Å². The van der Waals surface area contributed by atoms with Gasteiger partial charge in [-0.3, -0.25) is 9.59 Å². The summed E-state index contributed by atoms with van der Waals surface area (Å²) in [4.78, 5) is 23.4. The quantitative estimate of drug-likeness (QED) is 0.649. The molecule has 0 aliphatic heterocycles. The summed E-state index contributed by atoms with van der Waals surface area (Å²) in [6, 6.07) is 3.92. The van der Waals surface area contributed by atoms with Crippen LogP contribution >= 0.6 is 0 Å². The predicted octanol–water partition coefficient (Wildman–Crippen LogP) is 3.65. The van der Waals surface area contributed by atoms with Crippen LogP contribution in [-0.4, -0.2) is 18.4 Å². The summed E-state index contributed by atoms with van der Waals surface area (Å²) in [6.45, 7) is 0.366. The number of carbonyl (C=O) groups excluding carboxylic acids is 2. The number of hydrogen-bond donors (Lipinski definition) is 2. The van der Waals surface area contributed by atoms with Gasteiger partial charge >= 0.3 is 18.0 Å². The third-order valence-corrected chi connectivity index (χ3v) is 3.79. The second-order valence-electron chi connectivity index (χ2n) is 5.64. The molecule has 0 heterocycles. The van der Waals surface area contributed by atoms with Crippen LogP contribution in [0.3, 0.4) is 0 Å². The standard InChI is InChI=1S/C17H19F3N2O2/c18-17(19,20)13-6-8-14(9-7-13)22-16(24)15(23)21-11-10-12-4-2-1-3-5-12/h4,6-9H,1-3,5,10-11H2,(H,21,23)(H,22,24). The maximum Gasteiger partial charge on any atom is 0.416 e. The molecule has 1 aromatic carbocycles. The van der Waals surface area contributed by atoms with E-state index in [1.807, 2.05) is 0 Å². The lowest BCUT2D eigenvalue weighted by Crippen LogP contribution is -2.36. The molecule has 2 rings (SSSR count). The van der Waals surface area contributed by atoms with Crippen LogP contribution in [0.1, 0.15) is 37.7 Å². The minimum atomic E-state index is -4.44. The topological polar surface area (TPSA) is 58.2 Å². The van der Waals surface area contributed by atoms with E-state index in [2.05, 4.69) is 16.7 Å². The Kier molecular flexibility index (Phi) is 6.00. The monoisotopic (exact) mass is 340 g/mol. The van der Waals surface area contributed by atoms with E-state index in [-0.39, 0.29) is 5.69 Å². The molecular formula is C17H19F3N2O2. The van der Waals surface area contributed by atoms with E-state index in [4.69, 9.17) is 0 Å². The number of hydrogen-bond acceptors (Lipinski definition) is 2. The van der Waals surface area contributed by atoms with Crippen molar-refractivity contribution in [1.82, 2.24) is 5.32 Å². The van der Waals surface area contributed by atoms with Crippen molar-refractivity contribution in [2.75, 3.05) is 11.9 Å². The Morgan fingerprint density at radius 1 is 1.04 bits per heavy atom. The molecule has 0 spiro atoms. The van der Waals surface area contributed by atoms with Gasteiger partial charge < -0.3 is 10.6 Å². The zero-order valence-electron chi connectivity index (χ0n) is 13.1. The number of rotatable bonds is 4. The van der Waals surface area contributed by atoms with Gasteiger partial charge in [0.25, 0.3) is 0 Å². The minimum absolute atomic E-state index is 0.137. The van der Waals surface area contributed by atoms with Crippen molar-refractivity contribution in [2.24, 2.45) is 0 Å². The first-order chi connectivity index (χ1) is 11.4. The lowest BCUT2D eigenvalue weighted by atomic mass is 9.97. The average Bonchev–Trinajstić information content (AvgIpc) is 2.55. The Hall–Kier alpha value is -2.31. The number of nitrogens with one attached hydrogen (secondary N) is 2. The first kappa shape index (κ1) is 18.0. The second kappa shape index (κ2) is 7.99. The number of anilines is 1. The molecule has 0 radical (unpaired) electrons. The molecule has 0 unspecified atom stereocenters. The van der Waals surface area contributed by atoms with Crippen LogP contribution in [0.15, 0.2) is 35.9 Å². The summed E-state index contributed by atoms with van der Waals surface area (Å²) in [5.74, 6) is -1.70. The number of carbonyl (C=O) groups is 2. The van der Waals surface area contributed by atoms with Crippen LogP contribution < -0.4 is 10.6 Å². The highest BCUT2D eigenvalue weighted by atomic mass is 19.4. The van der Waals surface area contributed by atoms with Gasteiger partial charge in [-0.1, -0.05) is 11.6 Å². The van der Waals surface area contributed by atoms with Crippen molar-refractivity contribution in [3.63, 3.8) is 0 Å². The van der Waals surface area contributed by atoms with E-state index in [1.54, 1.807) is 0 Å². The summed E-state index contributed by atoms with van der Waals surface area (Å²) in [5.41, 5.74) is 0.605. The van der Waals surface area contributed by atoms with Crippen LogP contribution in [0.2, 0.25) is 0 Å². The Morgan fingerprint density at radius 3 is 2.33 bits per heavy atom. The van der Waals surface area contributed by atoms with E-state index in [0.29, 0.717) is 13.0 Å². The van der Waals surface area contributed by atoms with Crippen molar-refractivity contribution >= 4 is 17.5 Å². The molecule has 24 heavy (non-hydrogen) atoms. The zero-order valence-corrected chi connectivity index (χ0v) is 13.1. The summed E-state index contributed by atoms with van der Waals surface area (Å²) in [6.07, 6.45) is 2.84. The minimum Gasteiger partial charge on any atom is -0.348 e. The number of benzene rings is 1. The molecule has 130 valence electrons. The molecule has 2 N–H and O–H groups in total. The predicted molar refractivity (Wildman–Crippen MR) is 84.3 cm³/mol. The third kappa shape index (κ3) is 5.40. The Balaban J connectivity index is 1.78. The maximum atomic E-state index is 12.4. The lowest BCUT2D eigenvalue weighted by Gasteiger charge is -2.13. The SMILES string of the molecule is O=C(NCCC1=CCCCC1)C(=O)Nc1ccc(C(F)(F)F)cc1. The molecule has 0 aromatic heterocycles. The molecule has 0 saturated heterocycles. The van der Waals surface area contributed by atoms with Crippen LogP contribution in [-0.2, 0) is 15.8 Å². The van der Waals surface area contributed by atoms with E-state index in [9.17, 15) is 22.8 Å². The normalized spacial score (nSPS) is 14.7. The van der Waals surface area contributed by atoms with Crippen LogP contribution in [0, 0.1) is 0 Å². The Morgan fingerprint density at radius 2 is 1.75 bits per heavy atom. The highest BCUT2D eigenvalue weighted by Gasteiger charge is 2.30. The Bertz CT molecular complexity index is 622. The lowest BCUT2D eigenvalue weighted by molar-refractivity contribution is -0.137. The van der Waals surface area contributed by atoms with Gasteiger partial charge in [-0.05, 0) is 56.4 Å². The van der Waals surface area contributed by atoms with Crippen molar-refractivity contribution < 1.29 is 22.8 Å². The summed E-state index contributed by atoms with van der Waals surface area (Å²) < 4.78 is 37.3. The molecule has 4 nitrogen and oxygen atoms in total. The fourth-order valence-corrected chi connectivity index (χ4v) is 2.48. The molecule has 1 aromatic rings. The molecule has 7 heteroatoms. The zero-order chi connectivity index (χ0) is 17.6. The van der Waals surface area contributed by atoms with Crippen LogP contribution in [0.25, 0.3) is 0 Å². The average molecular weight is 340 g/mol. The fourth-order valence-electron chi connectivity index (χ4n) is 2.48. The van der Waals surface area contributed by atoms with Crippen molar-refractivity contribution in [3.8, 4) is 0 Å². The molecule has 0 fully saturated rings. The summed E-state index contributed by atoms with van der Waals surface area (Å²) in [5, 5.41) is 4.79. The van der Waals surface area contributed by atoms with Gasteiger partial charge in [0.2, 0.25) is 0 Å². The number of amides is 2. The van der Waals surface area contributed by atoms with Gasteiger partial charge in [-0.15, -0.1) is 0 Å². The smallest absolute Gasteiger partial charge is 0.348 e. The largest absolute Gasteiger partial charge is 0.416 e. The number of halogens is 3. The fraction of sp³-hybridized carbons (Fsp3) is 0.412. The van der Waals surface area contributed by atoms with E-state index in [0.717, 1.165) is 43.5 Å². The highest BCUT2D eigenvalue weighted by Crippen LogP contribution is 2.29. The van der Waals surface area contributed by atoms with Gasteiger partial charge in [0.15, 0.2) is 0 Å². The van der Waals surface area contributed by atoms with Gasteiger partial charge in [0.05, 0.1) is 5.56 Å². The van der Waals surface area contributed by atoms with Crippen LogP contribution in [0.4, 0.5) is 18.9 Å². The number of allylic oxidation sites excluding steroid dienone is 1. The first-order valence-electron chi connectivity index (χ1n) is 7.80. The van der Waals surface area contributed by atoms with Gasteiger partial charge in [-0.2, -0.15) is 13.2 Å². The van der Waals surface area contributed by atoms with Gasteiger partial charge in [0.1, 0.15) is 0 Å². The molecule has 1 aliphatic rings. The molecule has 0 saturated carbocycles. The third-order valence-electron chi connectivity index (χ3n) is 3.79.